The van der Waals surface area contributed by atoms with Crippen LogP contribution in [0.3, 0.4) is 0 Å². The molecule has 0 heterocycles. The molecular weight excluding hydrogens is 400 g/mol. The first-order valence-electron chi connectivity index (χ1n) is 7.42. The molecule has 2 amide bonds. The highest BCUT2D eigenvalue weighted by Crippen LogP contribution is 2.24. The second kappa shape index (κ2) is 9.13. The summed E-state index contributed by atoms with van der Waals surface area (Å²) in [5.74, 6) is 0.0981. The van der Waals surface area contributed by atoms with Crippen molar-refractivity contribution in [3.63, 3.8) is 0 Å². The van der Waals surface area contributed by atoms with Gasteiger partial charge in [-0.15, -0.1) is 0 Å². The minimum atomic E-state index is -0.614. The van der Waals surface area contributed by atoms with Gasteiger partial charge < -0.3 is 20.5 Å². The van der Waals surface area contributed by atoms with E-state index in [-0.39, 0.29) is 13.0 Å². The molecule has 0 unspecified atom stereocenters. The quantitative estimate of drug-likeness (QED) is 0.703. The second-order valence-electron chi connectivity index (χ2n) is 6.26. The van der Waals surface area contributed by atoms with Crippen molar-refractivity contribution in [2.75, 3.05) is 6.61 Å². The highest BCUT2D eigenvalue weighted by Gasteiger charge is 2.20. The van der Waals surface area contributed by atoms with Gasteiger partial charge in [-0.2, -0.15) is 0 Å². The molecule has 0 radical (unpaired) electrons. The highest BCUT2D eigenvalue weighted by molar-refractivity contribution is 9.10. The fourth-order valence-electron chi connectivity index (χ4n) is 1.80. The Labute approximate surface area is 155 Å². The third kappa shape index (κ3) is 8.98. The SMILES string of the molecule is CC(C)(C)OC(=O)N[C@@H](CCC(N)=O)COc1cc(Cl)cc(Br)c1. The summed E-state index contributed by atoms with van der Waals surface area (Å²) in [4.78, 5) is 22.9. The second-order valence-corrected chi connectivity index (χ2v) is 7.62. The first kappa shape index (κ1) is 20.6. The fourth-order valence-corrected chi connectivity index (χ4v) is 2.63. The molecule has 0 aliphatic carbocycles. The number of carbonyl (C=O) groups is 2. The Morgan fingerprint density at radius 1 is 1.33 bits per heavy atom. The van der Waals surface area contributed by atoms with Gasteiger partial charge in [-0.05, 0) is 45.4 Å². The van der Waals surface area contributed by atoms with Crippen LogP contribution in [0.2, 0.25) is 5.02 Å². The summed E-state index contributed by atoms with van der Waals surface area (Å²) < 4.78 is 11.6. The standard InChI is InChI=1S/C16H22BrClN2O4/c1-16(2,3)24-15(22)20-12(4-5-14(19)21)9-23-13-7-10(17)6-11(18)8-13/h6-8,12H,4-5,9H2,1-3H3,(H2,19,21)(H,20,22)/t12-/m0/s1. The van der Waals surface area contributed by atoms with Crippen molar-refractivity contribution in [2.24, 2.45) is 5.73 Å². The molecule has 1 aromatic carbocycles. The van der Waals surface area contributed by atoms with Gasteiger partial charge in [-0.3, -0.25) is 4.79 Å². The van der Waals surface area contributed by atoms with Crippen molar-refractivity contribution in [1.29, 1.82) is 0 Å². The van der Waals surface area contributed by atoms with E-state index in [1.807, 2.05) is 0 Å². The van der Waals surface area contributed by atoms with Gasteiger partial charge in [0.05, 0.1) is 6.04 Å². The lowest BCUT2D eigenvalue weighted by atomic mass is 10.1. The minimum Gasteiger partial charge on any atom is -0.491 e. The molecule has 24 heavy (non-hydrogen) atoms. The van der Waals surface area contributed by atoms with Crippen LogP contribution < -0.4 is 15.8 Å². The zero-order chi connectivity index (χ0) is 18.3. The van der Waals surface area contributed by atoms with E-state index >= 15 is 0 Å². The Morgan fingerprint density at radius 2 is 2.00 bits per heavy atom. The molecule has 134 valence electrons. The average molecular weight is 422 g/mol. The summed E-state index contributed by atoms with van der Waals surface area (Å²) in [7, 11) is 0. The van der Waals surface area contributed by atoms with Crippen LogP contribution >= 0.6 is 27.5 Å². The summed E-state index contributed by atoms with van der Waals surface area (Å²) >= 11 is 9.29. The molecular formula is C16H22BrClN2O4. The highest BCUT2D eigenvalue weighted by atomic mass is 79.9. The molecule has 8 heteroatoms. The van der Waals surface area contributed by atoms with Crippen molar-refractivity contribution in [3.8, 4) is 5.75 Å². The molecule has 0 aliphatic rings. The Kier molecular flexibility index (Phi) is 7.83. The van der Waals surface area contributed by atoms with Crippen LogP contribution in [0.15, 0.2) is 22.7 Å². The lowest BCUT2D eigenvalue weighted by Crippen LogP contribution is -2.42. The molecule has 6 nitrogen and oxygen atoms in total. The van der Waals surface area contributed by atoms with Gasteiger partial charge in [0.2, 0.25) is 5.91 Å². The van der Waals surface area contributed by atoms with Crippen molar-refractivity contribution in [2.45, 2.75) is 45.3 Å². The van der Waals surface area contributed by atoms with E-state index in [4.69, 9.17) is 26.8 Å². The van der Waals surface area contributed by atoms with Crippen molar-refractivity contribution in [1.82, 2.24) is 5.32 Å². The van der Waals surface area contributed by atoms with Crippen LogP contribution in [0.25, 0.3) is 0 Å². The van der Waals surface area contributed by atoms with Gasteiger partial charge in [-0.25, -0.2) is 4.79 Å². The van der Waals surface area contributed by atoms with Crippen LogP contribution in [0.5, 0.6) is 5.75 Å². The summed E-state index contributed by atoms with van der Waals surface area (Å²) in [6, 6.07) is 4.72. The molecule has 0 bridgehead atoms. The first-order valence-corrected chi connectivity index (χ1v) is 8.59. The monoisotopic (exact) mass is 420 g/mol. The van der Waals surface area contributed by atoms with Gasteiger partial charge in [-0.1, -0.05) is 27.5 Å². The van der Waals surface area contributed by atoms with Crippen molar-refractivity contribution in [3.05, 3.63) is 27.7 Å². The number of nitrogens with two attached hydrogens (primary N) is 1. The molecule has 0 saturated heterocycles. The third-order valence-corrected chi connectivity index (χ3v) is 3.42. The molecule has 0 aromatic heterocycles. The zero-order valence-electron chi connectivity index (χ0n) is 13.9. The summed E-state index contributed by atoms with van der Waals surface area (Å²) in [6.45, 7) is 5.46. The Balaban J connectivity index is 2.67. The maximum Gasteiger partial charge on any atom is 0.407 e. The zero-order valence-corrected chi connectivity index (χ0v) is 16.2. The number of hydrogen-bond acceptors (Lipinski definition) is 4. The van der Waals surface area contributed by atoms with Crippen LogP contribution in [-0.2, 0) is 9.53 Å². The number of benzene rings is 1. The summed E-state index contributed by atoms with van der Waals surface area (Å²) in [5, 5.41) is 3.21. The average Bonchev–Trinajstić information content (AvgIpc) is 2.38. The molecule has 0 fully saturated rings. The number of amides is 2. The maximum atomic E-state index is 11.9. The number of ether oxygens (including phenoxy) is 2. The molecule has 0 saturated carbocycles. The molecule has 1 aromatic rings. The van der Waals surface area contributed by atoms with Crippen molar-refractivity contribution < 1.29 is 19.1 Å². The lowest BCUT2D eigenvalue weighted by molar-refractivity contribution is -0.118. The molecule has 3 N–H and O–H groups in total. The van der Waals surface area contributed by atoms with E-state index in [0.29, 0.717) is 17.2 Å². The number of carbonyl (C=O) groups excluding carboxylic acids is 2. The largest absolute Gasteiger partial charge is 0.491 e. The van der Waals surface area contributed by atoms with Crippen LogP contribution in [0.1, 0.15) is 33.6 Å². The topological polar surface area (TPSA) is 90.6 Å². The van der Waals surface area contributed by atoms with E-state index < -0.39 is 23.6 Å². The van der Waals surface area contributed by atoms with E-state index in [9.17, 15) is 9.59 Å². The Hall–Kier alpha value is -1.47. The van der Waals surface area contributed by atoms with Crippen molar-refractivity contribution >= 4 is 39.5 Å². The maximum absolute atomic E-state index is 11.9. The summed E-state index contributed by atoms with van der Waals surface area (Å²) in [5.41, 5.74) is 4.56. The van der Waals surface area contributed by atoms with Gasteiger partial charge >= 0.3 is 6.09 Å². The minimum absolute atomic E-state index is 0.128. The van der Waals surface area contributed by atoms with Gasteiger partial charge in [0.25, 0.3) is 0 Å². The number of halogens is 2. The number of primary amides is 1. The molecule has 1 rings (SSSR count). The van der Waals surface area contributed by atoms with E-state index in [2.05, 4.69) is 21.2 Å². The predicted molar refractivity (Wildman–Crippen MR) is 96.2 cm³/mol. The third-order valence-electron chi connectivity index (χ3n) is 2.75. The normalized spacial score (nSPS) is 12.4. The fraction of sp³-hybridized carbons (Fsp3) is 0.500. The number of nitrogens with one attached hydrogen (secondary N) is 1. The summed E-state index contributed by atoms with van der Waals surface area (Å²) in [6.07, 6.45) is -0.104. The smallest absolute Gasteiger partial charge is 0.407 e. The van der Waals surface area contributed by atoms with E-state index in [1.54, 1.807) is 39.0 Å². The lowest BCUT2D eigenvalue weighted by Gasteiger charge is -2.23. The number of rotatable bonds is 7. The number of alkyl carbamates (subject to hydrolysis) is 1. The van der Waals surface area contributed by atoms with Gasteiger partial charge in [0, 0.05) is 15.9 Å². The number of hydrogen-bond donors (Lipinski definition) is 2. The molecule has 1 atom stereocenters. The molecule has 0 spiro atoms. The van der Waals surface area contributed by atoms with Gasteiger partial charge in [0.15, 0.2) is 0 Å². The first-order chi connectivity index (χ1) is 11.0. The Bertz CT molecular complexity index is 570. The van der Waals surface area contributed by atoms with Crippen LogP contribution in [0, 0.1) is 0 Å². The van der Waals surface area contributed by atoms with Crippen LogP contribution in [-0.4, -0.2) is 30.3 Å². The van der Waals surface area contributed by atoms with E-state index in [1.165, 1.54) is 0 Å². The van der Waals surface area contributed by atoms with Gasteiger partial charge in [0.1, 0.15) is 18.0 Å². The molecule has 0 aliphatic heterocycles. The van der Waals surface area contributed by atoms with Crippen LogP contribution in [0.4, 0.5) is 4.79 Å². The van der Waals surface area contributed by atoms with E-state index in [0.717, 1.165) is 4.47 Å². The Morgan fingerprint density at radius 3 is 2.54 bits per heavy atom. The predicted octanol–water partition coefficient (Wildman–Crippen LogP) is 3.64.